The number of nitrogens with zero attached hydrogens (tertiary/aromatic N) is 1. The van der Waals surface area contributed by atoms with Crippen molar-refractivity contribution in [3.63, 3.8) is 0 Å². The molecule has 144 valence electrons. The molecule has 0 saturated carbocycles. The fraction of sp³-hybridized carbons (Fsp3) is 0.923. The van der Waals surface area contributed by atoms with E-state index in [0.29, 0.717) is 38.0 Å². The van der Waals surface area contributed by atoms with E-state index in [1.165, 1.54) is 4.90 Å². The Morgan fingerprint density at radius 3 is 1.25 bits per heavy atom. The van der Waals surface area contributed by atoms with Gasteiger partial charge in [0.25, 0.3) is 0 Å². The summed E-state index contributed by atoms with van der Waals surface area (Å²) in [5.74, 6) is 0. The fourth-order valence-corrected chi connectivity index (χ4v) is 5.80. The Labute approximate surface area is 146 Å². The van der Waals surface area contributed by atoms with Gasteiger partial charge in [0.1, 0.15) is 0 Å². The highest BCUT2D eigenvalue weighted by Gasteiger charge is 2.38. The first-order valence-corrected chi connectivity index (χ1v) is 11.5. The molecule has 0 radical (unpaired) electrons. The smallest absolute Gasteiger partial charge is 0.465 e. The number of rotatable bonds is 14. The summed E-state index contributed by atoms with van der Waals surface area (Å²) in [5, 5.41) is 9.34. The maximum Gasteiger partial charge on any atom is 0.500 e. The minimum Gasteiger partial charge on any atom is -0.465 e. The molecule has 0 fully saturated rings. The van der Waals surface area contributed by atoms with Crippen LogP contribution >= 0.6 is 0 Å². The van der Waals surface area contributed by atoms with Crippen molar-refractivity contribution in [3.05, 3.63) is 0 Å². The van der Waals surface area contributed by atoms with E-state index in [1.807, 2.05) is 0 Å². The lowest BCUT2D eigenvalue weighted by Gasteiger charge is -2.27. The standard InChI is InChI=1S/C13H31NO8Si2/c1-17-23(18-2,19-3)11-7-9-14(13(15)16)10-8-12-24(20-4,21-5)22-6/h7-12H2,1-6H3,(H,15,16). The summed E-state index contributed by atoms with van der Waals surface area (Å²) in [6.45, 7) is 0.753. The molecule has 0 aliphatic rings. The highest BCUT2D eigenvalue weighted by molar-refractivity contribution is 6.60. The van der Waals surface area contributed by atoms with Crippen molar-refractivity contribution >= 4 is 23.7 Å². The molecule has 1 N–H and O–H groups in total. The van der Waals surface area contributed by atoms with Gasteiger partial charge in [-0.25, -0.2) is 4.79 Å². The van der Waals surface area contributed by atoms with Crippen molar-refractivity contribution in [1.82, 2.24) is 4.90 Å². The van der Waals surface area contributed by atoms with Crippen LogP contribution in [0.4, 0.5) is 4.79 Å². The molecule has 0 atom stereocenters. The molecule has 0 rings (SSSR count). The first kappa shape index (κ1) is 23.5. The van der Waals surface area contributed by atoms with Crippen LogP contribution in [0.1, 0.15) is 12.8 Å². The van der Waals surface area contributed by atoms with Gasteiger partial charge in [-0.2, -0.15) is 0 Å². The summed E-state index contributed by atoms with van der Waals surface area (Å²) in [4.78, 5) is 12.8. The molecule has 11 heteroatoms. The van der Waals surface area contributed by atoms with Crippen molar-refractivity contribution in [3.8, 4) is 0 Å². The van der Waals surface area contributed by atoms with E-state index in [1.54, 1.807) is 42.7 Å². The molecule has 0 aliphatic carbocycles. The Morgan fingerprint density at radius 1 is 0.750 bits per heavy atom. The topological polar surface area (TPSA) is 95.9 Å². The van der Waals surface area contributed by atoms with Crippen LogP contribution in [0.3, 0.4) is 0 Å². The normalized spacial score (nSPS) is 12.4. The number of carbonyl (C=O) groups is 1. The highest BCUT2D eigenvalue weighted by Crippen LogP contribution is 2.17. The third-order valence-corrected chi connectivity index (χ3v) is 9.62. The Kier molecular flexibility index (Phi) is 11.7. The molecule has 0 aromatic rings. The quantitative estimate of drug-likeness (QED) is 0.450. The van der Waals surface area contributed by atoms with E-state index in [2.05, 4.69) is 0 Å². The van der Waals surface area contributed by atoms with Gasteiger partial charge in [0.05, 0.1) is 0 Å². The molecule has 0 saturated heterocycles. The maximum atomic E-state index is 11.4. The largest absolute Gasteiger partial charge is 0.500 e. The second-order valence-corrected chi connectivity index (χ2v) is 11.2. The molecule has 24 heavy (non-hydrogen) atoms. The molecule has 0 unspecified atom stereocenters. The van der Waals surface area contributed by atoms with Crippen molar-refractivity contribution in [2.75, 3.05) is 55.7 Å². The Hall–Kier alpha value is -0.536. The van der Waals surface area contributed by atoms with Crippen LogP contribution in [0, 0.1) is 0 Å². The SMILES string of the molecule is CO[Si](CCCN(CCC[Si](OC)(OC)OC)C(=O)O)(OC)OC. The van der Waals surface area contributed by atoms with Gasteiger partial charge in [-0.15, -0.1) is 0 Å². The van der Waals surface area contributed by atoms with Crippen LogP contribution in [0.2, 0.25) is 12.1 Å². The Bertz CT molecular complexity index is 310. The molecule has 0 heterocycles. The average molecular weight is 386 g/mol. The summed E-state index contributed by atoms with van der Waals surface area (Å²) in [6.07, 6.45) is 0.222. The first-order valence-electron chi connectivity index (χ1n) is 7.67. The van der Waals surface area contributed by atoms with Crippen LogP contribution in [-0.2, 0) is 26.6 Å². The van der Waals surface area contributed by atoms with Gasteiger partial charge in [0.15, 0.2) is 0 Å². The summed E-state index contributed by atoms with van der Waals surface area (Å²) >= 11 is 0. The molecule has 0 spiro atoms. The number of hydrogen-bond donors (Lipinski definition) is 1. The molecule has 0 aliphatic heterocycles. The molecular formula is C13H31NO8Si2. The molecule has 0 aromatic heterocycles. The summed E-state index contributed by atoms with van der Waals surface area (Å²) < 4.78 is 32.0. The van der Waals surface area contributed by atoms with Gasteiger partial charge in [-0.1, -0.05) is 0 Å². The van der Waals surface area contributed by atoms with E-state index in [9.17, 15) is 9.90 Å². The van der Waals surface area contributed by atoms with Crippen molar-refractivity contribution in [1.29, 1.82) is 0 Å². The predicted molar refractivity (Wildman–Crippen MR) is 92.0 cm³/mol. The fourth-order valence-electron chi connectivity index (χ4n) is 2.39. The zero-order valence-electron chi connectivity index (χ0n) is 15.5. The summed E-state index contributed by atoms with van der Waals surface area (Å²) in [6, 6.07) is 1.10. The van der Waals surface area contributed by atoms with E-state index in [4.69, 9.17) is 26.6 Å². The van der Waals surface area contributed by atoms with Crippen molar-refractivity contribution in [2.45, 2.75) is 24.9 Å². The summed E-state index contributed by atoms with van der Waals surface area (Å²) in [5.41, 5.74) is 0. The highest BCUT2D eigenvalue weighted by atomic mass is 28.4. The maximum absolute atomic E-state index is 11.4. The lowest BCUT2D eigenvalue weighted by molar-refractivity contribution is 0.115. The molecular weight excluding hydrogens is 354 g/mol. The zero-order valence-corrected chi connectivity index (χ0v) is 17.5. The Balaban J connectivity index is 4.45. The summed E-state index contributed by atoms with van der Waals surface area (Å²) in [7, 11) is 3.90. The minimum absolute atomic E-state index is 0.377. The van der Waals surface area contributed by atoms with Gasteiger partial charge in [-0.3, -0.25) is 0 Å². The van der Waals surface area contributed by atoms with Gasteiger partial charge in [0.2, 0.25) is 0 Å². The second-order valence-electron chi connectivity index (χ2n) is 5.07. The van der Waals surface area contributed by atoms with Gasteiger partial charge in [-0.05, 0) is 12.8 Å². The minimum atomic E-state index is -2.67. The van der Waals surface area contributed by atoms with Gasteiger partial charge >= 0.3 is 23.7 Å². The van der Waals surface area contributed by atoms with Crippen LogP contribution in [-0.4, -0.2) is 89.5 Å². The van der Waals surface area contributed by atoms with E-state index in [-0.39, 0.29) is 0 Å². The molecule has 0 bridgehead atoms. The van der Waals surface area contributed by atoms with Crippen molar-refractivity contribution < 1.29 is 36.5 Å². The Morgan fingerprint density at radius 2 is 1.04 bits per heavy atom. The van der Waals surface area contributed by atoms with Crippen LogP contribution in [0.5, 0.6) is 0 Å². The predicted octanol–water partition coefficient (Wildman–Crippen LogP) is 1.50. The lowest BCUT2D eigenvalue weighted by Crippen LogP contribution is -2.44. The van der Waals surface area contributed by atoms with E-state index < -0.39 is 23.7 Å². The van der Waals surface area contributed by atoms with Gasteiger partial charge < -0.3 is 36.6 Å². The monoisotopic (exact) mass is 385 g/mol. The number of carboxylic acid groups (broad SMARTS) is 1. The lowest BCUT2D eigenvalue weighted by atomic mass is 10.4. The van der Waals surface area contributed by atoms with Crippen molar-refractivity contribution in [2.24, 2.45) is 0 Å². The van der Waals surface area contributed by atoms with Crippen LogP contribution in [0.25, 0.3) is 0 Å². The zero-order chi connectivity index (χ0) is 18.6. The number of amides is 1. The van der Waals surface area contributed by atoms with Crippen LogP contribution in [0.15, 0.2) is 0 Å². The second kappa shape index (κ2) is 11.9. The first-order chi connectivity index (χ1) is 11.4. The third-order valence-electron chi connectivity index (χ3n) is 3.96. The third kappa shape index (κ3) is 7.15. The van der Waals surface area contributed by atoms with Gasteiger partial charge in [0, 0.05) is 67.8 Å². The average Bonchev–Trinajstić information content (AvgIpc) is 2.61. The van der Waals surface area contributed by atoms with Crippen LogP contribution < -0.4 is 0 Å². The van der Waals surface area contributed by atoms with E-state index in [0.717, 1.165) is 0 Å². The molecule has 0 aromatic carbocycles. The van der Waals surface area contributed by atoms with E-state index >= 15 is 0 Å². The molecule has 1 amide bonds. The molecule has 9 nitrogen and oxygen atoms in total. The number of hydrogen-bond acceptors (Lipinski definition) is 7.